The Morgan fingerprint density at radius 1 is 1.48 bits per heavy atom. The van der Waals surface area contributed by atoms with E-state index in [1.807, 2.05) is 0 Å². The Morgan fingerprint density at radius 3 is 2.76 bits per heavy atom. The number of hydrogen-bond donors (Lipinski definition) is 1. The molecule has 2 fully saturated rings. The van der Waals surface area contributed by atoms with E-state index in [9.17, 15) is 13.2 Å². The maximum atomic E-state index is 10.6. The predicted molar refractivity (Wildman–Crippen MR) is 86.6 cm³/mol. The van der Waals surface area contributed by atoms with Crippen LogP contribution in [0.15, 0.2) is 16.8 Å². The highest BCUT2D eigenvalue weighted by Crippen LogP contribution is 2.32. The minimum Gasteiger partial charge on any atom is -0.475 e. The summed E-state index contributed by atoms with van der Waals surface area (Å²) in [6.07, 6.45) is -2.13. The molecule has 1 aliphatic heterocycles. The normalized spacial score (nSPS) is 26.6. The average Bonchev–Trinajstić information content (AvgIpc) is 3.12. The van der Waals surface area contributed by atoms with E-state index in [0.717, 1.165) is 32.7 Å². The quantitative estimate of drug-likeness (QED) is 0.868. The lowest BCUT2D eigenvalue weighted by atomic mass is 10.1. The minimum absolute atomic E-state index is 0.274. The molecule has 9 heteroatoms. The average molecular weight is 381 g/mol. The summed E-state index contributed by atoms with van der Waals surface area (Å²) in [6.45, 7) is 5.77. The molecule has 142 valence electrons. The second kappa shape index (κ2) is 8.98. The molecule has 1 aliphatic carbocycles. The Bertz CT molecular complexity index is 538. The van der Waals surface area contributed by atoms with Crippen LogP contribution in [0.25, 0.3) is 0 Å². The van der Waals surface area contributed by atoms with Crippen LogP contribution in [0, 0.1) is 0 Å². The van der Waals surface area contributed by atoms with Crippen molar-refractivity contribution in [3.05, 3.63) is 22.4 Å². The van der Waals surface area contributed by atoms with Gasteiger partial charge in [0.15, 0.2) is 0 Å². The van der Waals surface area contributed by atoms with Gasteiger partial charge < -0.3 is 14.6 Å². The molecule has 3 unspecified atom stereocenters. The summed E-state index contributed by atoms with van der Waals surface area (Å²) in [5.74, 6) is -2.76. The van der Waals surface area contributed by atoms with Gasteiger partial charge in [-0.15, -0.1) is 0 Å². The van der Waals surface area contributed by atoms with Crippen molar-refractivity contribution in [2.24, 2.45) is 0 Å². The van der Waals surface area contributed by atoms with Gasteiger partial charge in [0.2, 0.25) is 0 Å². The summed E-state index contributed by atoms with van der Waals surface area (Å²) < 4.78 is 43.6. The van der Waals surface area contributed by atoms with E-state index in [4.69, 9.17) is 19.4 Å². The number of nitrogens with zero attached hydrogens (tertiary/aromatic N) is 1. The lowest BCUT2D eigenvalue weighted by Crippen LogP contribution is -2.42. The van der Waals surface area contributed by atoms with Crippen LogP contribution in [0.4, 0.5) is 13.2 Å². The minimum atomic E-state index is -5.08. The van der Waals surface area contributed by atoms with Gasteiger partial charge in [-0.3, -0.25) is 4.90 Å². The standard InChI is InChI=1S/C14H21NO2S.C2HF3O2/c1-2-16-14-12-3-4-13(14)17-7-6-15(12)9-11-5-8-18-10-11;3-2(4,5)1(6)7/h5,8,10,12-14H,2-4,6-7,9H2,1H3;(H,6,7). The number of halogens is 3. The molecular weight excluding hydrogens is 359 g/mol. The van der Waals surface area contributed by atoms with Crippen LogP contribution in [-0.2, 0) is 20.8 Å². The van der Waals surface area contributed by atoms with Crippen LogP contribution < -0.4 is 0 Å². The van der Waals surface area contributed by atoms with Gasteiger partial charge in [-0.1, -0.05) is 0 Å². The van der Waals surface area contributed by atoms with Crippen LogP contribution >= 0.6 is 11.3 Å². The van der Waals surface area contributed by atoms with Gasteiger partial charge in [-0.25, -0.2) is 4.79 Å². The molecule has 1 saturated heterocycles. The highest BCUT2D eigenvalue weighted by molar-refractivity contribution is 7.07. The van der Waals surface area contributed by atoms with Crippen molar-refractivity contribution in [3.63, 3.8) is 0 Å². The van der Waals surface area contributed by atoms with E-state index in [1.165, 1.54) is 12.0 Å². The second-order valence-electron chi connectivity index (χ2n) is 5.88. The smallest absolute Gasteiger partial charge is 0.475 e. The molecular formula is C16H22F3NO4S. The SMILES string of the molecule is CCOC1C2CCC1N(Cc1ccsc1)CCO2.O=C(O)C(F)(F)F. The summed E-state index contributed by atoms with van der Waals surface area (Å²) in [7, 11) is 0. The Balaban J connectivity index is 0.000000277. The van der Waals surface area contributed by atoms with E-state index in [1.54, 1.807) is 11.3 Å². The van der Waals surface area contributed by atoms with Gasteiger partial charge in [-0.2, -0.15) is 24.5 Å². The fourth-order valence-corrected chi connectivity index (χ4v) is 3.85. The third kappa shape index (κ3) is 5.67. The summed E-state index contributed by atoms with van der Waals surface area (Å²) in [4.78, 5) is 11.4. The number of carbonyl (C=O) groups is 1. The molecule has 2 heterocycles. The van der Waals surface area contributed by atoms with Gasteiger partial charge in [-0.05, 0) is 42.2 Å². The molecule has 1 aromatic rings. The van der Waals surface area contributed by atoms with Gasteiger partial charge >= 0.3 is 12.1 Å². The van der Waals surface area contributed by atoms with E-state index in [0.29, 0.717) is 12.1 Å². The van der Waals surface area contributed by atoms with Crippen LogP contribution in [-0.4, -0.2) is 60.2 Å². The molecule has 3 rings (SSSR count). The number of hydrogen-bond acceptors (Lipinski definition) is 5. The zero-order chi connectivity index (χ0) is 18.4. The van der Waals surface area contributed by atoms with E-state index in [-0.39, 0.29) is 6.10 Å². The maximum Gasteiger partial charge on any atom is 0.490 e. The number of ether oxygens (including phenoxy) is 2. The van der Waals surface area contributed by atoms with Crippen molar-refractivity contribution in [1.29, 1.82) is 0 Å². The largest absolute Gasteiger partial charge is 0.490 e. The summed E-state index contributed by atoms with van der Waals surface area (Å²) >= 11 is 1.77. The first-order valence-electron chi connectivity index (χ1n) is 8.11. The highest BCUT2D eigenvalue weighted by atomic mass is 32.1. The lowest BCUT2D eigenvalue weighted by molar-refractivity contribution is -0.192. The molecule has 0 spiro atoms. The first kappa shape index (κ1) is 20.2. The Labute approximate surface area is 148 Å². The molecule has 2 bridgehead atoms. The molecule has 1 aromatic heterocycles. The summed E-state index contributed by atoms with van der Waals surface area (Å²) in [6, 6.07) is 2.76. The van der Waals surface area contributed by atoms with Crippen LogP contribution in [0.3, 0.4) is 0 Å². The Kier molecular flexibility index (Phi) is 7.24. The number of aliphatic carboxylic acids is 1. The number of alkyl halides is 3. The highest BCUT2D eigenvalue weighted by Gasteiger charge is 2.42. The zero-order valence-electron chi connectivity index (χ0n) is 13.9. The first-order valence-corrected chi connectivity index (χ1v) is 9.05. The van der Waals surface area contributed by atoms with Gasteiger partial charge in [0, 0.05) is 25.7 Å². The maximum absolute atomic E-state index is 10.6. The fraction of sp³-hybridized carbons (Fsp3) is 0.688. The van der Waals surface area contributed by atoms with Crippen molar-refractivity contribution >= 4 is 17.3 Å². The lowest BCUT2D eigenvalue weighted by Gasteiger charge is -2.30. The number of thiophene rings is 1. The molecule has 5 nitrogen and oxygen atoms in total. The molecule has 0 radical (unpaired) electrons. The fourth-order valence-electron chi connectivity index (χ4n) is 3.19. The molecule has 1 N–H and O–H groups in total. The Morgan fingerprint density at radius 2 is 2.20 bits per heavy atom. The number of carboxylic acids is 1. The molecule has 25 heavy (non-hydrogen) atoms. The summed E-state index contributed by atoms with van der Waals surface area (Å²) in [5, 5.41) is 11.5. The molecule has 2 aliphatic rings. The molecule has 0 amide bonds. The van der Waals surface area contributed by atoms with Crippen LogP contribution in [0.2, 0.25) is 0 Å². The second-order valence-corrected chi connectivity index (χ2v) is 6.66. The van der Waals surface area contributed by atoms with Crippen molar-refractivity contribution in [2.45, 2.75) is 50.7 Å². The number of rotatable bonds is 4. The van der Waals surface area contributed by atoms with Crippen molar-refractivity contribution in [3.8, 4) is 0 Å². The third-order valence-corrected chi connectivity index (χ3v) is 4.97. The molecule has 0 aromatic carbocycles. The predicted octanol–water partition coefficient (Wildman–Crippen LogP) is 3.15. The van der Waals surface area contributed by atoms with Crippen LogP contribution in [0.5, 0.6) is 0 Å². The van der Waals surface area contributed by atoms with E-state index in [2.05, 4.69) is 28.7 Å². The molecule has 3 atom stereocenters. The third-order valence-electron chi connectivity index (χ3n) is 4.24. The van der Waals surface area contributed by atoms with E-state index < -0.39 is 12.1 Å². The van der Waals surface area contributed by atoms with Crippen molar-refractivity contribution in [1.82, 2.24) is 4.90 Å². The molecule has 1 saturated carbocycles. The van der Waals surface area contributed by atoms with Gasteiger partial charge in [0.1, 0.15) is 0 Å². The first-order chi connectivity index (χ1) is 11.8. The zero-order valence-corrected chi connectivity index (χ0v) is 14.7. The monoisotopic (exact) mass is 381 g/mol. The number of fused-ring (bicyclic) bond motifs is 2. The van der Waals surface area contributed by atoms with Crippen LogP contribution in [0.1, 0.15) is 25.3 Å². The van der Waals surface area contributed by atoms with E-state index >= 15 is 0 Å². The number of carboxylic acid groups (broad SMARTS) is 1. The summed E-state index contributed by atoms with van der Waals surface area (Å²) in [5.41, 5.74) is 1.42. The Hall–Kier alpha value is -1.16. The topological polar surface area (TPSA) is 59.0 Å². The van der Waals surface area contributed by atoms with Crippen molar-refractivity contribution < 1.29 is 32.5 Å². The van der Waals surface area contributed by atoms with Gasteiger partial charge in [0.05, 0.1) is 18.8 Å². The van der Waals surface area contributed by atoms with Gasteiger partial charge in [0.25, 0.3) is 0 Å². The van der Waals surface area contributed by atoms with Crippen molar-refractivity contribution in [2.75, 3.05) is 19.8 Å².